The van der Waals surface area contributed by atoms with Gasteiger partial charge in [-0.05, 0) is 38.2 Å². The van der Waals surface area contributed by atoms with Crippen LogP contribution in [0.2, 0.25) is 0 Å². The van der Waals surface area contributed by atoms with Gasteiger partial charge in [0.1, 0.15) is 0 Å². The molecule has 1 amide bonds. The standard InChI is InChI=1S/C16H23NO2S/c1-12(20-10-13-6-4-3-5-7-13)15(19)17-16(2,11-18)14-8-9-14/h3-7,12,14,18H,8-11H2,1-2H3,(H,17,19). The first kappa shape index (κ1) is 15.4. The lowest BCUT2D eigenvalue weighted by Gasteiger charge is -2.30. The van der Waals surface area contributed by atoms with Crippen molar-refractivity contribution >= 4 is 17.7 Å². The van der Waals surface area contributed by atoms with Crippen LogP contribution in [0.1, 0.15) is 32.3 Å². The summed E-state index contributed by atoms with van der Waals surface area (Å²) in [6.45, 7) is 3.88. The molecule has 4 heteroatoms. The molecule has 1 aromatic rings. The average molecular weight is 293 g/mol. The van der Waals surface area contributed by atoms with Crippen molar-refractivity contribution in [1.29, 1.82) is 0 Å². The molecule has 0 heterocycles. The Labute approximate surface area is 125 Å². The Bertz CT molecular complexity index is 447. The topological polar surface area (TPSA) is 49.3 Å². The van der Waals surface area contributed by atoms with Crippen molar-refractivity contribution in [2.45, 2.75) is 43.2 Å². The summed E-state index contributed by atoms with van der Waals surface area (Å²) in [5, 5.41) is 12.4. The van der Waals surface area contributed by atoms with E-state index in [1.165, 1.54) is 5.56 Å². The van der Waals surface area contributed by atoms with Crippen molar-refractivity contribution in [3.63, 3.8) is 0 Å². The predicted molar refractivity (Wildman–Crippen MR) is 83.6 cm³/mol. The number of carbonyl (C=O) groups is 1. The van der Waals surface area contributed by atoms with Crippen LogP contribution < -0.4 is 5.32 Å². The van der Waals surface area contributed by atoms with E-state index in [0.29, 0.717) is 5.92 Å². The summed E-state index contributed by atoms with van der Waals surface area (Å²) in [6, 6.07) is 10.2. The Morgan fingerprint density at radius 1 is 1.45 bits per heavy atom. The molecule has 2 N–H and O–H groups in total. The lowest BCUT2D eigenvalue weighted by molar-refractivity contribution is -0.122. The Kier molecular flexibility index (Phi) is 5.11. The summed E-state index contributed by atoms with van der Waals surface area (Å²) in [7, 11) is 0. The van der Waals surface area contributed by atoms with E-state index < -0.39 is 5.54 Å². The van der Waals surface area contributed by atoms with E-state index in [9.17, 15) is 9.90 Å². The highest BCUT2D eigenvalue weighted by Gasteiger charge is 2.42. The highest BCUT2D eigenvalue weighted by Crippen LogP contribution is 2.39. The molecule has 110 valence electrons. The summed E-state index contributed by atoms with van der Waals surface area (Å²) >= 11 is 1.63. The SMILES string of the molecule is CC(SCc1ccccc1)C(=O)NC(C)(CO)C1CC1. The van der Waals surface area contributed by atoms with Crippen LogP contribution in [-0.4, -0.2) is 28.4 Å². The third kappa shape index (κ3) is 4.00. The molecular weight excluding hydrogens is 270 g/mol. The number of rotatable bonds is 7. The predicted octanol–water partition coefficient (Wildman–Crippen LogP) is 2.59. The number of aliphatic hydroxyl groups is 1. The van der Waals surface area contributed by atoms with Gasteiger partial charge in [0.15, 0.2) is 0 Å². The van der Waals surface area contributed by atoms with E-state index in [1.807, 2.05) is 32.0 Å². The number of benzene rings is 1. The molecule has 20 heavy (non-hydrogen) atoms. The maximum atomic E-state index is 12.2. The Hall–Kier alpha value is -1.00. The monoisotopic (exact) mass is 293 g/mol. The first-order chi connectivity index (χ1) is 9.55. The first-order valence-corrected chi connectivity index (χ1v) is 8.18. The number of thioether (sulfide) groups is 1. The number of nitrogens with one attached hydrogen (secondary N) is 1. The maximum Gasteiger partial charge on any atom is 0.233 e. The largest absolute Gasteiger partial charge is 0.394 e. The smallest absolute Gasteiger partial charge is 0.233 e. The van der Waals surface area contributed by atoms with Gasteiger partial charge in [-0.2, -0.15) is 0 Å². The molecule has 0 aliphatic heterocycles. The molecular formula is C16H23NO2S. The normalized spacial score (nSPS) is 19.1. The van der Waals surface area contributed by atoms with E-state index in [0.717, 1.165) is 18.6 Å². The lowest BCUT2D eigenvalue weighted by Crippen LogP contribution is -2.52. The van der Waals surface area contributed by atoms with Crippen molar-refractivity contribution in [1.82, 2.24) is 5.32 Å². The number of carbonyl (C=O) groups excluding carboxylic acids is 1. The second-order valence-electron chi connectivity index (χ2n) is 5.78. The van der Waals surface area contributed by atoms with E-state index in [4.69, 9.17) is 0 Å². The molecule has 0 saturated heterocycles. The molecule has 0 spiro atoms. The molecule has 2 unspecified atom stereocenters. The van der Waals surface area contributed by atoms with Gasteiger partial charge in [-0.3, -0.25) is 4.79 Å². The van der Waals surface area contributed by atoms with E-state index in [2.05, 4.69) is 17.4 Å². The zero-order chi connectivity index (χ0) is 14.6. The van der Waals surface area contributed by atoms with Gasteiger partial charge in [-0.1, -0.05) is 30.3 Å². The van der Waals surface area contributed by atoms with Gasteiger partial charge in [-0.25, -0.2) is 0 Å². The van der Waals surface area contributed by atoms with Crippen LogP contribution in [0.3, 0.4) is 0 Å². The molecule has 1 saturated carbocycles. The summed E-state index contributed by atoms with van der Waals surface area (Å²) in [4.78, 5) is 12.2. The Morgan fingerprint density at radius 3 is 2.65 bits per heavy atom. The molecule has 0 aromatic heterocycles. The van der Waals surface area contributed by atoms with E-state index in [-0.39, 0.29) is 17.8 Å². The summed E-state index contributed by atoms with van der Waals surface area (Å²) < 4.78 is 0. The van der Waals surface area contributed by atoms with Gasteiger partial charge in [0.25, 0.3) is 0 Å². The molecule has 1 aliphatic rings. The van der Waals surface area contributed by atoms with E-state index >= 15 is 0 Å². The van der Waals surface area contributed by atoms with Gasteiger partial charge in [0.2, 0.25) is 5.91 Å². The second kappa shape index (κ2) is 6.64. The van der Waals surface area contributed by atoms with Crippen LogP contribution in [0.25, 0.3) is 0 Å². The molecule has 1 aromatic carbocycles. The Balaban J connectivity index is 1.82. The first-order valence-electron chi connectivity index (χ1n) is 7.13. The minimum Gasteiger partial charge on any atom is -0.394 e. The fourth-order valence-corrected chi connectivity index (χ4v) is 3.09. The molecule has 1 aliphatic carbocycles. The molecule has 0 bridgehead atoms. The van der Waals surface area contributed by atoms with Crippen LogP contribution in [0.4, 0.5) is 0 Å². The van der Waals surface area contributed by atoms with Gasteiger partial charge >= 0.3 is 0 Å². The summed E-state index contributed by atoms with van der Waals surface area (Å²) in [5.41, 5.74) is 0.780. The average Bonchev–Trinajstić information content (AvgIpc) is 3.30. The molecule has 2 rings (SSSR count). The van der Waals surface area contributed by atoms with Gasteiger partial charge in [0.05, 0.1) is 17.4 Å². The van der Waals surface area contributed by atoms with Gasteiger partial charge in [0, 0.05) is 5.75 Å². The van der Waals surface area contributed by atoms with E-state index in [1.54, 1.807) is 11.8 Å². The quantitative estimate of drug-likeness (QED) is 0.812. The fraction of sp³-hybridized carbons (Fsp3) is 0.562. The van der Waals surface area contributed by atoms with Gasteiger partial charge < -0.3 is 10.4 Å². The third-order valence-corrected chi connectivity index (χ3v) is 5.14. The van der Waals surface area contributed by atoms with Crippen LogP contribution in [0.15, 0.2) is 30.3 Å². The minimum atomic E-state index is -0.446. The molecule has 3 nitrogen and oxygen atoms in total. The maximum absolute atomic E-state index is 12.2. The molecule has 0 radical (unpaired) electrons. The van der Waals surface area contributed by atoms with Crippen molar-refractivity contribution in [3.05, 3.63) is 35.9 Å². The summed E-state index contributed by atoms with van der Waals surface area (Å²) in [6.07, 6.45) is 2.20. The zero-order valence-corrected chi connectivity index (χ0v) is 13.0. The Morgan fingerprint density at radius 2 is 2.10 bits per heavy atom. The molecule has 2 atom stereocenters. The highest BCUT2D eigenvalue weighted by molar-refractivity contribution is 7.99. The van der Waals surface area contributed by atoms with Crippen LogP contribution in [-0.2, 0) is 10.5 Å². The number of aliphatic hydroxyl groups excluding tert-OH is 1. The zero-order valence-electron chi connectivity index (χ0n) is 12.1. The molecule has 1 fully saturated rings. The second-order valence-corrected chi connectivity index (χ2v) is 7.11. The third-order valence-electron chi connectivity index (χ3n) is 3.93. The van der Waals surface area contributed by atoms with Crippen molar-refractivity contribution in [2.24, 2.45) is 5.92 Å². The number of amides is 1. The van der Waals surface area contributed by atoms with Gasteiger partial charge in [-0.15, -0.1) is 11.8 Å². The van der Waals surface area contributed by atoms with Crippen molar-refractivity contribution in [2.75, 3.05) is 6.61 Å². The summed E-state index contributed by atoms with van der Waals surface area (Å²) in [5.74, 6) is 1.28. The minimum absolute atomic E-state index is 0.0134. The lowest BCUT2D eigenvalue weighted by atomic mass is 9.97. The van der Waals surface area contributed by atoms with Crippen molar-refractivity contribution < 1.29 is 9.90 Å². The number of hydrogen-bond donors (Lipinski definition) is 2. The van der Waals surface area contributed by atoms with Crippen LogP contribution >= 0.6 is 11.8 Å². The van der Waals surface area contributed by atoms with Crippen molar-refractivity contribution in [3.8, 4) is 0 Å². The number of hydrogen-bond acceptors (Lipinski definition) is 3. The fourth-order valence-electron chi connectivity index (χ4n) is 2.25. The van der Waals surface area contributed by atoms with Crippen LogP contribution in [0, 0.1) is 5.92 Å². The highest BCUT2D eigenvalue weighted by atomic mass is 32.2. The van der Waals surface area contributed by atoms with Crippen LogP contribution in [0.5, 0.6) is 0 Å².